The topological polar surface area (TPSA) is 97.6 Å². The number of amides is 1. The molecule has 1 aliphatic heterocycles. The predicted molar refractivity (Wildman–Crippen MR) is 63.5 cm³/mol. The number of carbonyl (C=O) groups is 2. The molecule has 0 radical (unpaired) electrons. The van der Waals surface area contributed by atoms with Crippen LogP contribution in [0.2, 0.25) is 0 Å². The summed E-state index contributed by atoms with van der Waals surface area (Å²) in [5.41, 5.74) is -1.16. The van der Waals surface area contributed by atoms with Gasteiger partial charge in [-0.2, -0.15) is 0 Å². The van der Waals surface area contributed by atoms with Crippen molar-refractivity contribution in [2.45, 2.75) is 18.4 Å². The van der Waals surface area contributed by atoms with E-state index in [4.69, 9.17) is 4.74 Å². The normalized spacial score (nSPS) is 22.7. The number of aromatic nitrogens is 3. The second kappa shape index (κ2) is 4.96. The molecule has 19 heavy (non-hydrogen) atoms. The lowest BCUT2D eigenvalue weighted by atomic mass is 9.97. The number of hydrogen-bond donors (Lipinski definition) is 1. The summed E-state index contributed by atoms with van der Waals surface area (Å²) < 4.78 is 6.40. The van der Waals surface area contributed by atoms with Gasteiger partial charge in [0.15, 0.2) is 11.2 Å². The molecule has 1 aromatic rings. The number of hydrogen-bond acceptors (Lipinski definition) is 5. The van der Waals surface area contributed by atoms with Crippen LogP contribution in [0.4, 0.5) is 0 Å². The number of likely N-dealkylation sites (tertiary alicyclic amines) is 1. The number of carboxylic acids is 1. The van der Waals surface area contributed by atoms with Crippen molar-refractivity contribution >= 4 is 11.9 Å². The Balaban J connectivity index is 2.31. The Kier molecular flexibility index (Phi) is 3.52. The van der Waals surface area contributed by atoms with Gasteiger partial charge in [0.25, 0.3) is 5.91 Å². The van der Waals surface area contributed by atoms with Crippen molar-refractivity contribution < 1.29 is 19.4 Å². The van der Waals surface area contributed by atoms with Crippen LogP contribution in [0.5, 0.6) is 0 Å². The molecule has 0 spiro atoms. The number of ether oxygens (including phenoxy) is 1. The Labute approximate surface area is 109 Å². The number of methoxy groups -OCH3 is 1. The third kappa shape index (κ3) is 2.19. The summed E-state index contributed by atoms with van der Waals surface area (Å²) in [5.74, 6) is -1.48. The number of carbonyl (C=O) groups excluding carboxylic acids is 1. The van der Waals surface area contributed by atoms with Crippen LogP contribution >= 0.6 is 0 Å². The Bertz CT molecular complexity index is 501. The zero-order chi connectivity index (χ0) is 14.0. The van der Waals surface area contributed by atoms with Crippen LogP contribution in [0.1, 0.15) is 23.3 Å². The molecule has 1 atom stereocenters. The van der Waals surface area contributed by atoms with Gasteiger partial charge in [-0.05, 0) is 12.8 Å². The van der Waals surface area contributed by atoms with E-state index in [1.165, 1.54) is 22.9 Å². The van der Waals surface area contributed by atoms with Crippen LogP contribution < -0.4 is 0 Å². The van der Waals surface area contributed by atoms with Crippen LogP contribution in [0.15, 0.2) is 6.20 Å². The Morgan fingerprint density at radius 2 is 2.32 bits per heavy atom. The second-order valence-electron chi connectivity index (χ2n) is 4.61. The van der Waals surface area contributed by atoms with Crippen molar-refractivity contribution in [3.8, 4) is 0 Å². The molecule has 2 heterocycles. The van der Waals surface area contributed by atoms with Crippen molar-refractivity contribution in [2.24, 2.45) is 7.05 Å². The maximum absolute atomic E-state index is 12.3. The summed E-state index contributed by atoms with van der Waals surface area (Å²) in [7, 11) is 3.07. The highest BCUT2D eigenvalue weighted by atomic mass is 16.5. The van der Waals surface area contributed by atoms with Crippen molar-refractivity contribution in [2.75, 3.05) is 20.3 Å². The van der Waals surface area contributed by atoms with E-state index in [9.17, 15) is 14.7 Å². The molecule has 2 rings (SSSR count). The predicted octanol–water partition coefficient (Wildman–Crippen LogP) is -0.479. The van der Waals surface area contributed by atoms with E-state index in [2.05, 4.69) is 10.3 Å². The van der Waals surface area contributed by atoms with Crippen LogP contribution in [-0.4, -0.2) is 62.7 Å². The zero-order valence-corrected chi connectivity index (χ0v) is 10.9. The molecule has 1 saturated heterocycles. The maximum atomic E-state index is 12.3. The van der Waals surface area contributed by atoms with Gasteiger partial charge in [0, 0.05) is 20.7 Å². The number of aryl methyl sites for hydroxylation is 1. The van der Waals surface area contributed by atoms with Crippen LogP contribution in [-0.2, 0) is 16.6 Å². The van der Waals surface area contributed by atoms with E-state index in [1.807, 2.05) is 0 Å². The fourth-order valence-corrected chi connectivity index (χ4v) is 2.43. The van der Waals surface area contributed by atoms with Gasteiger partial charge in [-0.1, -0.05) is 5.21 Å². The van der Waals surface area contributed by atoms with Gasteiger partial charge >= 0.3 is 5.97 Å². The highest BCUT2D eigenvalue weighted by molar-refractivity contribution is 5.96. The molecule has 104 valence electrons. The fraction of sp³-hybridized carbons (Fsp3) is 0.636. The minimum Gasteiger partial charge on any atom is -0.479 e. The smallest absolute Gasteiger partial charge is 0.332 e. The summed E-state index contributed by atoms with van der Waals surface area (Å²) >= 11 is 0. The lowest BCUT2D eigenvalue weighted by Crippen LogP contribution is -2.56. The minimum absolute atomic E-state index is 0.0334. The van der Waals surface area contributed by atoms with Crippen molar-refractivity contribution in [1.82, 2.24) is 19.9 Å². The SMILES string of the molecule is COCC1(C(=O)O)CCCN1C(=O)c1cn(C)nn1. The first-order chi connectivity index (χ1) is 9.01. The average Bonchev–Trinajstić information content (AvgIpc) is 2.96. The summed E-state index contributed by atoms with van der Waals surface area (Å²) in [6.07, 6.45) is 2.48. The van der Waals surface area contributed by atoms with E-state index < -0.39 is 17.4 Å². The van der Waals surface area contributed by atoms with Crippen LogP contribution in [0.25, 0.3) is 0 Å². The molecule has 0 bridgehead atoms. The number of aliphatic carboxylic acids is 1. The molecule has 8 nitrogen and oxygen atoms in total. The molecule has 1 amide bonds. The van der Waals surface area contributed by atoms with Crippen LogP contribution in [0, 0.1) is 0 Å². The molecule has 0 aliphatic carbocycles. The van der Waals surface area contributed by atoms with Gasteiger partial charge < -0.3 is 14.7 Å². The monoisotopic (exact) mass is 268 g/mol. The van der Waals surface area contributed by atoms with E-state index in [1.54, 1.807) is 7.05 Å². The fourth-order valence-electron chi connectivity index (χ4n) is 2.43. The molecule has 0 saturated carbocycles. The van der Waals surface area contributed by atoms with Gasteiger partial charge in [0.1, 0.15) is 0 Å². The molecular formula is C11H16N4O4. The first kappa shape index (κ1) is 13.5. The molecule has 8 heteroatoms. The van der Waals surface area contributed by atoms with Crippen molar-refractivity contribution in [1.29, 1.82) is 0 Å². The number of rotatable bonds is 4. The summed E-state index contributed by atoms with van der Waals surface area (Å²) in [6, 6.07) is 0. The average molecular weight is 268 g/mol. The summed E-state index contributed by atoms with van der Waals surface area (Å²) in [4.78, 5) is 25.2. The quantitative estimate of drug-likeness (QED) is 0.792. The maximum Gasteiger partial charge on any atom is 0.332 e. The molecular weight excluding hydrogens is 252 g/mol. The largest absolute Gasteiger partial charge is 0.479 e. The highest BCUT2D eigenvalue weighted by Crippen LogP contribution is 2.31. The highest BCUT2D eigenvalue weighted by Gasteiger charge is 2.50. The number of carboxylic acid groups (broad SMARTS) is 1. The standard InChI is InChI=1S/C11H16N4O4/c1-14-6-8(12-13-14)9(16)15-5-3-4-11(15,7-19-2)10(17)18/h6H,3-5,7H2,1-2H3,(H,17,18). The van der Waals surface area contributed by atoms with Gasteiger partial charge in [-0.25, -0.2) is 4.79 Å². The van der Waals surface area contributed by atoms with Gasteiger partial charge in [0.2, 0.25) is 0 Å². The van der Waals surface area contributed by atoms with Crippen molar-refractivity contribution in [3.63, 3.8) is 0 Å². The van der Waals surface area contributed by atoms with Gasteiger partial charge in [0.05, 0.1) is 12.8 Å². The zero-order valence-electron chi connectivity index (χ0n) is 10.9. The van der Waals surface area contributed by atoms with Gasteiger partial charge in [-0.15, -0.1) is 5.10 Å². The Hall–Kier alpha value is -1.96. The van der Waals surface area contributed by atoms with Gasteiger partial charge in [-0.3, -0.25) is 9.48 Å². The lowest BCUT2D eigenvalue weighted by molar-refractivity contribution is -0.151. The molecule has 1 fully saturated rings. The molecule has 1 aromatic heterocycles. The third-order valence-electron chi connectivity index (χ3n) is 3.34. The summed E-state index contributed by atoms with van der Waals surface area (Å²) in [6.45, 7) is 0.347. The summed E-state index contributed by atoms with van der Waals surface area (Å²) in [5, 5.41) is 16.9. The minimum atomic E-state index is -1.30. The van der Waals surface area contributed by atoms with E-state index in [0.717, 1.165) is 0 Å². The molecule has 1 N–H and O–H groups in total. The molecule has 1 aliphatic rings. The van der Waals surface area contributed by atoms with E-state index in [-0.39, 0.29) is 12.3 Å². The third-order valence-corrected chi connectivity index (χ3v) is 3.34. The molecule has 1 unspecified atom stereocenters. The Morgan fingerprint density at radius 3 is 2.84 bits per heavy atom. The first-order valence-corrected chi connectivity index (χ1v) is 5.92. The van der Waals surface area contributed by atoms with Crippen LogP contribution in [0.3, 0.4) is 0 Å². The molecule has 0 aromatic carbocycles. The second-order valence-corrected chi connectivity index (χ2v) is 4.61. The lowest BCUT2D eigenvalue weighted by Gasteiger charge is -2.33. The Morgan fingerprint density at radius 1 is 1.58 bits per heavy atom. The number of nitrogens with zero attached hydrogens (tertiary/aromatic N) is 4. The van der Waals surface area contributed by atoms with Crippen molar-refractivity contribution in [3.05, 3.63) is 11.9 Å². The van der Waals surface area contributed by atoms with E-state index >= 15 is 0 Å². The first-order valence-electron chi connectivity index (χ1n) is 5.92. The van der Waals surface area contributed by atoms with E-state index in [0.29, 0.717) is 19.4 Å².